The minimum absolute atomic E-state index is 0. The number of nitro groups is 3. The predicted molar refractivity (Wildman–Crippen MR) is 301 cm³/mol. The predicted octanol–water partition coefficient (Wildman–Crippen LogP) is -1.84. The second kappa shape index (κ2) is 42.7. The van der Waals surface area contributed by atoms with Crippen LogP contribution >= 0.6 is 0 Å². The van der Waals surface area contributed by atoms with Crippen molar-refractivity contribution in [2.75, 3.05) is 81.0 Å². The number of non-ortho nitro benzene ring substituents is 1. The zero-order chi connectivity index (χ0) is 58.0. The molecule has 4 amide bonds. The fraction of sp³-hybridized carbons (Fsp3) is 0.404. The molecule has 33 heteroatoms. The van der Waals surface area contributed by atoms with E-state index in [1.807, 2.05) is 0 Å². The summed E-state index contributed by atoms with van der Waals surface area (Å²) in [5, 5.41) is 115. The Morgan fingerprint density at radius 2 is 0.800 bits per heavy atom. The van der Waals surface area contributed by atoms with Crippen molar-refractivity contribution >= 4 is 91.0 Å². The van der Waals surface area contributed by atoms with Crippen molar-refractivity contribution in [2.24, 2.45) is 0 Å². The van der Waals surface area contributed by atoms with Gasteiger partial charge in [0.15, 0.2) is 0 Å². The van der Waals surface area contributed by atoms with Crippen LogP contribution in [-0.2, 0) is 18.9 Å². The van der Waals surface area contributed by atoms with Crippen LogP contribution in [0.25, 0.3) is 0 Å². The highest BCUT2D eigenvalue weighted by molar-refractivity contribution is 6.60. The molecule has 4 rings (SSSR count). The zero-order valence-electron chi connectivity index (χ0n) is 42.4. The lowest BCUT2D eigenvalue weighted by molar-refractivity contribution is -0.385. The van der Waals surface area contributed by atoms with Gasteiger partial charge in [0, 0.05) is 122 Å². The van der Waals surface area contributed by atoms with Crippen LogP contribution in [0.15, 0.2) is 78.9 Å². The first kappa shape index (κ1) is 77.0. The largest absolute Gasteiger partial charge is 0.495 e. The van der Waals surface area contributed by atoms with Gasteiger partial charge in [0.1, 0.15) is 5.56 Å². The van der Waals surface area contributed by atoms with Gasteiger partial charge in [-0.2, -0.15) is 0 Å². The summed E-state index contributed by atoms with van der Waals surface area (Å²) in [5.74, 6) is -1.79. The van der Waals surface area contributed by atoms with E-state index in [0.29, 0.717) is 82.9 Å². The number of methoxy groups -OCH3 is 4. The van der Waals surface area contributed by atoms with E-state index in [1.54, 1.807) is 26.4 Å². The minimum atomic E-state index is -2.02. The number of carbonyl (C=O) groups excluding carboxylic acids is 4. The summed E-state index contributed by atoms with van der Waals surface area (Å²) in [5.41, 5.74) is -0.868. The maximum Gasteiger partial charge on any atom is 0.495 e. The molecule has 29 nitrogen and oxygen atoms in total. The highest BCUT2D eigenvalue weighted by Gasteiger charge is 2.26. The summed E-state index contributed by atoms with van der Waals surface area (Å²) in [7, 11) is -0.972. The Morgan fingerprint density at radius 1 is 0.425 bits per heavy atom. The lowest BCUT2D eigenvalue weighted by Crippen LogP contribution is -2.34. The lowest BCUT2D eigenvalue weighted by atomic mass is 9.78. The van der Waals surface area contributed by atoms with E-state index < -0.39 is 72.3 Å². The molecular weight excluding hydrogens is 1060 g/mol. The summed E-state index contributed by atoms with van der Waals surface area (Å²) < 4.78 is 19.3. The molecule has 80 heavy (non-hydrogen) atoms. The highest BCUT2D eigenvalue weighted by Crippen LogP contribution is 2.17. The van der Waals surface area contributed by atoms with Gasteiger partial charge in [-0.05, 0) is 78.5 Å². The Morgan fingerprint density at radius 3 is 1.19 bits per heavy atom. The molecule has 0 saturated carbocycles. The summed E-state index contributed by atoms with van der Waals surface area (Å²) in [6, 6.07) is 16.2. The van der Waals surface area contributed by atoms with Crippen LogP contribution < -0.4 is 43.1 Å². The van der Waals surface area contributed by atoms with E-state index in [2.05, 4.69) is 21.3 Å². The molecule has 0 radical (unpaired) electrons. The molecule has 0 unspecified atom stereocenters. The Balaban J connectivity index is -0.000000978. The number of nitrogens with zero attached hydrogens (tertiary/aromatic N) is 3. The fourth-order valence-corrected chi connectivity index (χ4v) is 6.03. The zero-order valence-corrected chi connectivity index (χ0v) is 42.4. The van der Waals surface area contributed by atoms with Crippen LogP contribution in [0.2, 0.25) is 0 Å². The second-order valence-electron chi connectivity index (χ2n) is 15.7. The lowest BCUT2D eigenvalue weighted by Gasteiger charge is -2.07. The summed E-state index contributed by atoms with van der Waals surface area (Å²) in [6.07, 6.45) is 2.56. The maximum atomic E-state index is 11.9. The van der Waals surface area contributed by atoms with Crippen LogP contribution in [0.3, 0.4) is 0 Å². The first-order valence-corrected chi connectivity index (χ1v) is 23.0. The van der Waals surface area contributed by atoms with Crippen LogP contribution in [0, 0.1) is 30.3 Å². The fourth-order valence-electron chi connectivity index (χ4n) is 6.03. The van der Waals surface area contributed by atoms with Crippen LogP contribution in [0.4, 0.5) is 17.1 Å². The van der Waals surface area contributed by atoms with Gasteiger partial charge in [-0.1, -0.05) is 40.5 Å². The molecule has 0 heterocycles. The molecule has 0 aliphatic carbocycles. The molecule has 0 saturated heterocycles. The number of amides is 4. The number of carbonyl (C=O) groups is 4. The molecule has 0 aliphatic heterocycles. The maximum absolute atomic E-state index is 11.9. The van der Waals surface area contributed by atoms with Gasteiger partial charge < -0.3 is 80.4 Å². The van der Waals surface area contributed by atoms with E-state index in [-0.39, 0.29) is 67.0 Å². The third-order valence-corrected chi connectivity index (χ3v) is 9.95. The van der Waals surface area contributed by atoms with Gasteiger partial charge in [0.2, 0.25) is 0 Å². The first-order chi connectivity index (χ1) is 36.5. The average Bonchev–Trinajstić information content (AvgIpc) is 3.40. The SMILES string of the molecule is C.C.C.COCCCNC(=O)c1cc(B(O)O)cc([N+](=O)[O-])c1.COCCCNC(=O)c1cc(B(O)O)ccc1[N+](=O)[O-].COCCCNC(=O)c1ccc(B(O)O)cc1.COCCCNC(=O)c1ccc([N+](=O)[O-])c(B(O)O)c1. The smallest absolute Gasteiger partial charge is 0.423 e. The molecule has 12 N–H and O–H groups in total. The summed E-state index contributed by atoms with van der Waals surface area (Å²) >= 11 is 0. The monoisotopic (exact) mass is 1130 g/mol. The third-order valence-electron chi connectivity index (χ3n) is 9.95. The Labute approximate surface area is 464 Å². The number of benzene rings is 4. The Hall–Kier alpha value is -7.26. The number of hydrogen-bond donors (Lipinski definition) is 12. The highest BCUT2D eigenvalue weighted by atomic mass is 16.6. The molecule has 4 aromatic carbocycles. The normalized spacial score (nSPS) is 9.75. The number of rotatable bonds is 27. The molecule has 4 aromatic rings. The molecular formula is C47H73B4N7O22. The van der Waals surface area contributed by atoms with E-state index >= 15 is 0 Å². The number of nitrogens with one attached hydrogen (secondary N) is 4. The Bertz CT molecular complexity index is 2520. The first-order valence-electron chi connectivity index (χ1n) is 23.0. The standard InChI is InChI=1S/3C11H15BN2O6.C11H16BNO4.3CH4/c1-20-6-2-5-13-11(15)9-7-8(12(16)17)3-4-10(9)14(18)19;1-20-6-2-5-13-11(15)8-3-4-10(14(18)19)9(7-8)12(16)17;1-20-4-2-3-13-11(15)8-5-9(12(16)17)7-10(6-8)14(18)19;1-17-8-2-7-13-11(14)9-3-5-10(6-4-9)12(15)16;;;/h2*3-4,7,16-17H,2,5-6H2,1H3,(H,13,15);5-7,16-17H,2-4H2,1H3,(H,13,15);3-6,15-16H,2,7-8H2,1H3,(H,13,14);3*1H4. The van der Waals surface area contributed by atoms with E-state index in [9.17, 15) is 49.5 Å². The van der Waals surface area contributed by atoms with Gasteiger partial charge >= 0.3 is 28.5 Å². The van der Waals surface area contributed by atoms with Crippen LogP contribution in [-0.4, -0.2) is 188 Å². The molecule has 0 atom stereocenters. The van der Waals surface area contributed by atoms with Crippen molar-refractivity contribution < 1.29 is 93.1 Å². The van der Waals surface area contributed by atoms with Gasteiger partial charge in [-0.25, -0.2) is 0 Å². The van der Waals surface area contributed by atoms with Crippen molar-refractivity contribution in [3.63, 3.8) is 0 Å². The van der Waals surface area contributed by atoms with Gasteiger partial charge in [0.25, 0.3) is 40.7 Å². The number of hydrogen-bond acceptors (Lipinski definition) is 22. The Kier molecular flexibility index (Phi) is 41.0. The summed E-state index contributed by atoms with van der Waals surface area (Å²) in [4.78, 5) is 77.3. The van der Waals surface area contributed by atoms with Gasteiger partial charge in [0.05, 0.1) is 20.2 Å². The van der Waals surface area contributed by atoms with Crippen molar-refractivity contribution in [1.29, 1.82) is 0 Å². The van der Waals surface area contributed by atoms with Crippen molar-refractivity contribution in [3.05, 3.63) is 131 Å². The molecule has 0 bridgehead atoms. The van der Waals surface area contributed by atoms with E-state index in [4.69, 9.17) is 59.1 Å². The van der Waals surface area contributed by atoms with E-state index in [1.165, 1.54) is 44.6 Å². The van der Waals surface area contributed by atoms with Gasteiger partial charge in [-0.15, -0.1) is 0 Å². The molecule has 0 spiro atoms. The topological polar surface area (TPSA) is 445 Å². The molecule has 0 aromatic heterocycles. The molecule has 440 valence electrons. The van der Waals surface area contributed by atoms with Crippen molar-refractivity contribution in [1.82, 2.24) is 21.3 Å². The summed E-state index contributed by atoms with van der Waals surface area (Å²) in [6.45, 7) is 3.64. The van der Waals surface area contributed by atoms with Crippen LogP contribution in [0.5, 0.6) is 0 Å². The van der Waals surface area contributed by atoms with Gasteiger partial charge in [-0.3, -0.25) is 49.5 Å². The molecule has 0 fully saturated rings. The minimum Gasteiger partial charge on any atom is -0.423 e. The average molecular weight is 1130 g/mol. The number of nitro benzene ring substituents is 3. The van der Waals surface area contributed by atoms with E-state index in [0.717, 1.165) is 42.8 Å². The van der Waals surface area contributed by atoms with Crippen molar-refractivity contribution in [2.45, 2.75) is 48.0 Å². The van der Waals surface area contributed by atoms with Crippen LogP contribution in [0.1, 0.15) is 89.4 Å². The number of ether oxygens (including phenoxy) is 4. The van der Waals surface area contributed by atoms with Crippen molar-refractivity contribution in [3.8, 4) is 0 Å². The second-order valence-corrected chi connectivity index (χ2v) is 15.7. The molecule has 0 aliphatic rings. The quantitative estimate of drug-likeness (QED) is 0.0135. The third kappa shape index (κ3) is 29.1.